The van der Waals surface area contributed by atoms with Crippen LogP contribution < -0.4 is 11.5 Å². The summed E-state index contributed by atoms with van der Waals surface area (Å²) in [6, 6.07) is 7.93. The smallest absolute Gasteiger partial charge is 0.221 e. The van der Waals surface area contributed by atoms with Crippen LogP contribution >= 0.6 is 0 Å². The first-order chi connectivity index (χ1) is 8.01. The maximum Gasteiger partial charge on any atom is 0.221 e. The van der Waals surface area contributed by atoms with Crippen molar-refractivity contribution in [3.8, 4) is 0 Å². The van der Waals surface area contributed by atoms with Gasteiger partial charge in [-0.2, -0.15) is 4.98 Å². The van der Waals surface area contributed by atoms with Crippen LogP contribution in [0.15, 0.2) is 46.3 Å². The van der Waals surface area contributed by atoms with Crippen molar-refractivity contribution in [3.05, 3.63) is 36.5 Å². The quantitative estimate of drug-likeness (QED) is 0.801. The third-order valence-electron chi connectivity index (χ3n) is 2.14. The molecule has 0 radical (unpaired) electrons. The summed E-state index contributed by atoms with van der Waals surface area (Å²) in [7, 11) is -3.69. The van der Waals surface area contributed by atoms with E-state index in [-0.39, 0.29) is 21.6 Å². The summed E-state index contributed by atoms with van der Waals surface area (Å²) in [6.07, 6.45) is 1.11. The highest BCUT2D eigenvalue weighted by atomic mass is 32.2. The second kappa shape index (κ2) is 4.02. The Bertz CT molecular complexity index is 641. The summed E-state index contributed by atoms with van der Waals surface area (Å²) >= 11 is 0. The molecule has 6 nitrogen and oxygen atoms in total. The molecule has 7 heteroatoms. The van der Waals surface area contributed by atoms with Crippen molar-refractivity contribution in [2.45, 2.75) is 9.79 Å². The number of hydrogen-bond donors (Lipinski definition) is 2. The lowest BCUT2D eigenvalue weighted by Crippen LogP contribution is -2.09. The number of nitrogen functional groups attached to an aromatic ring is 2. The molecule has 0 aliphatic carbocycles. The molecule has 2 rings (SSSR count). The minimum atomic E-state index is -3.69. The fourth-order valence-electron chi connectivity index (χ4n) is 1.33. The van der Waals surface area contributed by atoms with Gasteiger partial charge in [0, 0.05) is 0 Å². The molecule has 2 aromatic rings. The molecular formula is C10H10N4O2S. The SMILES string of the molecule is Nc1ncc(S(=O)(=O)c2ccccc2)c(N)n1. The lowest BCUT2D eigenvalue weighted by Gasteiger charge is -2.06. The Kier molecular flexibility index (Phi) is 2.68. The van der Waals surface area contributed by atoms with Crippen LogP contribution in [-0.4, -0.2) is 18.4 Å². The van der Waals surface area contributed by atoms with Crippen molar-refractivity contribution in [2.75, 3.05) is 11.5 Å². The van der Waals surface area contributed by atoms with Gasteiger partial charge in [0.25, 0.3) is 0 Å². The lowest BCUT2D eigenvalue weighted by atomic mass is 10.4. The maximum absolute atomic E-state index is 12.2. The highest BCUT2D eigenvalue weighted by Gasteiger charge is 2.21. The van der Waals surface area contributed by atoms with Crippen molar-refractivity contribution in [1.29, 1.82) is 0 Å². The van der Waals surface area contributed by atoms with Crippen molar-refractivity contribution in [3.63, 3.8) is 0 Å². The second-order valence-corrected chi connectivity index (χ2v) is 5.21. The molecule has 1 aromatic carbocycles. The summed E-state index contributed by atoms with van der Waals surface area (Å²) in [4.78, 5) is 7.27. The van der Waals surface area contributed by atoms with E-state index < -0.39 is 9.84 Å². The Balaban J connectivity index is 2.61. The fraction of sp³-hybridized carbons (Fsp3) is 0. The molecule has 1 aromatic heterocycles. The van der Waals surface area contributed by atoms with E-state index in [0.717, 1.165) is 6.20 Å². The predicted molar refractivity (Wildman–Crippen MR) is 62.8 cm³/mol. The van der Waals surface area contributed by atoms with E-state index in [9.17, 15) is 8.42 Å². The number of hydrogen-bond acceptors (Lipinski definition) is 6. The molecule has 0 aliphatic heterocycles. The van der Waals surface area contributed by atoms with Gasteiger partial charge in [-0.1, -0.05) is 18.2 Å². The number of aromatic nitrogens is 2. The van der Waals surface area contributed by atoms with E-state index in [1.54, 1.807) is 18.2 Å². The highest BCUT2D eigenvalue weighted by Crippen LogP contribution is 2.23. The molecule has 0 bridgehead atoms. The number of nitrogens with two attached hydrogens (primary N) is 2. The lowest BCUT2D eigenvalue weighted by molar-refractivity contribution is 0.596. The van der Waals surface area contributed by atoms with E-state index >= 15 is 0 Å². The minimum absolute atomic E-state index is 0.0606. The zero-order valence-electron chi connectivity index (χ0n) is 8.74. The summed E-state index contributed by atoms with van der Waals surface area (Å²) in [5.41, 5.74) is 10.8. The van der Waals surface area contributed by atoms with Crippen LogP contribution in [0.1, 0.15) is 0 Å². The predicted octanol–water partition coefficient (Wildman–Crippen LogP) is 0.474. The zero-order valence-corrected chi connectivity index (χ0v) is 9.55. The number of nitrogens with zero attached hydrogens (tertiary/aromatic N) is 2. The second-order valence-electron chi connectivity index (χ2n) is 3.29. The average molecular weight is 250 g/mol. The van der Waals surface area contributed by atoms with E-state index in [2.05, 4.69) is 9.97 Å². The fourth-order valence-corrected chi connectivity index (χ4v) is 2.61. The van der Waals surface area contributed by atoms with Crippen LogP contribution in [0.3, 0.4) is 0 Å². The van der Waals surface area contributed by atoms with Crippen LogP contribution in [-0.2, 0) is 9.84 Å². The molecular weight excluding hydrogens is 240 g/mol. The standard InChI is InChI=1S/C10H10N4O2S/c11-9-8(6-13-10(12)14-9)17(15,16)7-4-2-1-3-5-7/h1-6H,(H4,11,12,13,14). The molecule has 0 saturated carbocycles. The summed E-state index contributed by atoms with van der Waals surface area (Å²) < 4.78 is 24.3. The van der Waals surface area contributed by atoms with E-state index in [1.807, 2.05) is 0 Å². The van der Waals surface area contributed by atoms with Gasteiger partial charge in [-0.25, -0.2) is 13.4 Å². The molecule has 4 N–H and O–H groups in total. The van der Waals surface area contributed by atoms with Gasteiger partial charge in [-0.05, 0) is 12.1 Å². The van der Waals surface area contributed by atoms with Gasteiger partial charge < -0.3 is 11.5 Å². The van der Waals surface area contributed by atoms with E-state index in [1.165, 1.54) is 12.1 Å². The number of rotatable bonds is 2. The van der Waals surface area contributed by atoms with Crippen molar-refractivity contribution in [2.24, 2.45) is 0 Å². The topological polar surface area (TPSA) is 112 Å². The van der Waals surface area contributed by atoms with E-state index in [4.69, 9.17) is 11.5 Å². The maximum atomic E-state index is 12.2. The molecule has 17 heavy (non-hydrogen) atoms. The molecule has 1 heterocycles. The van der Waals surface area contributed by atoms with Gasteiger partial charge in [-0.15, -0.1) is 0 Å². The number of benzene rings is 1. The number of sulfone groups is 1. The zero-order chi connectivity index (χ0) is 12.5. The Labute approximate surface area is 98.2 Å². The van der Waals surface area contributed by atoms with Crippen LogP contribution in [0.4, 0.5) is 11.8 Å². The van der Waals surface area contributed by atoms with Gasteiger partial charge in [0.15, 0.2) is 0 Å². The molecule has 0 saturated heterocycles. The van der Waals surface area contributed by atoms with Gasteiger partial charge >= 0.3 is 0 Å². The molecule has 0 aliphatic rings. The molecule has 0 unspecified atom stereocenters. The van der Waals surface area contributed by atoms with Crippen molar-refractivity contribution < 1.29 is 8.42 Å². The Morgan fingerprint density at radius 2 is 1.71 bits per heavy atom. The monoisotopic (exact) mass is 250 g/mol. The minimum Gasteiger partial charge on any atom is -0.382 e. The Morgan fingerprint density at radius 3 is 2.29 bits per heavy atom. The third kappa shape index (κ3) is 2.04. The highest BCUT2D eigenvalue weighted by molar-refractivity contribution is 7.91. The summed E-state index contributed by atoms with van der Waals surface area (Å²) in [5.74, 6) is -0.212. The largest absolute Gasteiger partial charge is 0.382 e. The molecule has 0 fully saturated rings. The van der Waals surface area contributed by atoms with Crippen LogP contribution in [0, 0.1) is 0 Å². The Morgan fingerprint density at radius 1 is 1.06 bits per heavy atom. The first-order valence-corrected chi connectivity index (χ1v) is 6.18. The van der Waals surface area contributed by atoms with Crippen LogP contribution in [0.25, 0.3) is 0 Å². The Hall–Kier alpha value is -2.15. The molecule has 88 valence electrons. The first-order valence-electron chi connectivity index (χ1n) is 4.70. The van der Waals surface area contributed by atoms with Crippen LogP contribution in [0.5, 0.6) is 0 Å². The van der Waals surface area contributed by atoms with Gasteiger partial charge in [0.1, 0.15) is 10.7 Å². The van der Waals surface area contributed by atoms with Gasteiger partial charge in [0.2, 0.25) is 15.8 Å². The molecule has 0 amide bonds. The van der Waals surface area contributed by atoms with E-state index in [0.29, 0.717) is 0 Å². The van der Waals surface area contributed by atoms with Crippen LogP contribution in [0.2, 0.25) is 0 Å². The van der Waals surface area contributed by atoms with Gasteiger partial charge in [0.05, 0.1) is 11.1 Å². The van der Waals surface area contributed by atoms with Crippen molar-refractivity contribution >= 4 is 21.6 Å². The number of anilines is 2. The molecule has 0 atom stereocenters. The first kappa shape index (κ1) is 11.3. The summed E-state index contributed by atoms with van der Waals surface area (Å²) in [6.45, 7) is 0. The molecule has 0 spiro atoms. The third-order valence-corrected chi connectivity index (χ3v) is 3.93. The summed E-state index contributed by atoms with van der Waals surface area (Å²) in [5, 5.41) is 0. The van der Waals surface area contributed by atoms with Crippen molar-refractivity contribution in [1.82, 2.24) is 9.97 Å². The normalized spacial score (nSPS) is 11.3. The van der Waals surface area contributed by atoms with Gasteiger partial charge in [-0.3, -0.25) is 0 Å². The average Bonchev–Trinajstić information content (AvgIpc) is 2.29.